The number of aliphatic hydroxyl groups is 1. The maximum atomic E-state index is 11.7. The van der Waals surface area contributed by atoms with Crippen LogP contribution >= 0.6 is 0 Å². The quantitative estimate of drug-likeness (QED) is 0.121. The molecule has 1 aromatic rings. The molecule has 0 bridgehead atoms. The Balaban J connectivity index is 2.42. The van der Waals surface area contributed by atoms with E-state index in [9.17, 15) is 9.90 Å². The molecule has 1 aromatic carbocycles. The normalized spacial score (nSPS) is 26.0. The molecule has 10 atom stereocenters. The van der Waals surface area contributed by atoms with Crippen LogP contribution in [-0.2, 0) is 30.0 Å². The minimum absolute atomic E-state index is 0.00763. The van der Waals surface area contributed by atoms with Crippen molar-refractivity contribution >= 4 is 14.6 Å². The van der Waals surface area contributed by atoms with Crippen molar-refractivity contribution in [1.29, 1.82) is 0 Å². The molecule has 1 saturated heterocycles. The molecule has 43 heavy (non-hydrogen) atoms. The molecule has 2 rings (SSSR count). The van der Waals surface area contributed by atoms with Crippen molar-refractivity contribution in [2.75, 3.05) is 0 Å². The lowest BCUT2D eigenvalue weighted by atomic mass is 9.78. The third kappa shape index (κ3) is 10.1. The van der Waals surface area contributed by atoms with Gasteiger partial charge in [-0.15, -0.1) is 0 Å². The van der Waals surface area contributed by atoms with E-state index in [4.69, 9.17) is 18.6 Å². The Kier molecular flexibility index (Phi) is 13.5. The molecule has 0 aliphatic carbocycles. The van der Waals surface area contributed by atoms with Crippen molar-refractivity contribution in [3.05, 3.63) is 48.0 Å². The number of carbonyl (C=O) groups excluding carboxylic acids is 1. The van der Waals surface area contributed by atoms with Crippen LogP contribution in [-0.4, -0.2) is 56.0 Å². The summed E-state index contributed by atoms with van der Waals surface area (Å²) in [5.41, 5.74) is 2.11. The fourth-order valence-electron chi connectivity index (χ4n) is 6.08. The molecule has 1 aliphatic rings. The molecular weight excluding hydrogens is 556 g/mol. The highest BCUT2D eigenvalue weighted by Gasteiger charge is 2.47. The lowest BCUT2D eigenvalue weighted by Crippen LogP contribution is -2.54. The summed E-state index contributed by atoms with van der Waals surface area (Å²) >= 11 is 0. The number of aliphatic hydroxyl groups excluding tert-OH is 1. The van der Waals surface area contributed by atoms with Gasteiger partial charge in [0.15, 0.2) is 14.1 Å². The van der Waals surface area contributed by atoms with Crippen LogP contribution in [0.3, 0.4) is 0 Å². The van der Waals surface area contributed by atoms with Gasteiger partial charge in [-0.05, 0) is 62.4 Å². The summed E-state index contributed by atoms with van der Waals surface area (Å²) in [6, 6.07) is 10.2. The Hall–Kier alpha value is -1.35. The standard InChI is InChI=1S/C36H62O6Si/c1-23(31-27(5)32(25(3)21-37)41-36(11,12)40-31)20-24(2)33(42-43(13,14)35(8,9)10)28(6)34(26(4)29(7)38)39-22-30-18-16-15-17-19-30/h15-19,21,23,25-29,31-34,38H,2,20,22H2,1,3-14H3/t23-,25-,26-,27+,28-,29+,31-,32+,33+,34-/m0/s1. The summed E-state index contributed by atoms with van der Waals surface area (Å²) in [4.78, 5) is 11.7. The Morgan fingerprint density at radius 3 is 2.12 bits per heavy atom. The Bertz CT molecular complexity index is 1020. The lowest BCUT2D eigenvalue weighted by molar-refractivity contribution is -0.331. The molecule has 0 aromatic heterocycles. The number of carbonyl (C=O) groups is 1. The van der Waals surface area contributed by atoms with E-state index >= 15 is 0 Å². The van der Waals surface area contributed by atoms with Gasteiger partial charge in [0.05, 0.1) is 37.1 Å². The zero-order valence-electron chi connectivity index (χ0n) is 29.3. The molecule has 0 spiro atoms. The van der Waals surface area contributed by atoms with Crippen LogP contribution < -0.4 is 0 Å². The summed E-state index contributed by atoms with van der Waals surface area (Å²) in [5.74, 6) is -1.04. The number of ether oxygens (including phenoxy) is 3. The molecule has 0 unspecified atom stereocenters. The van der Waals surface area contributed by atoms with E-state index in [1.807, 2.05) is 45.9 Å². The van der Waals surface area contributed by atoms with Crippen LogP contribution in [0, 0.1) is 29.6 Å². The monoisotopic (exact) mass is 618 g/mol. The van der Waals surface area contributed by atoms with Gasteiger partial charge >= 0.3 is 0 Å². The molecule has 6 nitrogen and oxygen atoms in total. The number of aldehydes is 1. The predicted octanol–water partition coefficient (Wildman–Crippen LogP) is 8.19. The van der Waals surface area contributed by atoms with Crippen molar-refractivity contribution in [3.8, 4) is 0 Å². The maximum Gasteiger partial charge on any atom is 0.192 e. The highest BCUT2D eigenvalue weighted by atomic mass is 28.4. The van der Waals surface area contributed by atoms with Gasteiger partial charge in [0.25, 0.3) is 0 Å². The summed E-state index contributed by atoms with van der Waals surface area (Å²) in [7, 11) is -2.22. The number of rotatable bonds is 15. The fourth-order valence-corrected chi connectivity index (χ4v) is 7.45. The highest BCUT2D eigenvalue weighted by molar-refractivity contribution is 6.74. The first-order chi connectivity index (χ1) is 19.7. The first-order valence-corrected chi connectivity index (χ1v) is 19.1. The smallest absolute Gasteiger partial charge is 0.192 e. The predicted molar refractivity (Wildman–Crippen MR) is 178 cm³/mol. The van der Waals surface area contributed by atoms with Crippen LogP contribution in [0.5, 0.6) is 0 Å². The Morgan fingerprint density at radius 2 is 1.60 bits per heavy atom. The summed E-state index contributed by atoms with van der Waals surface area (Å²) in [5, 5.41) is 10.7. The van der Waals surface area contributed by atoms with Crippen LogP contribution in [0.15, 0.2) is 42.5 Å². The van der Waals surface area contributed by atoms with Crippen molar-refractivity contribution < 1.29 is 28.5 Å². The van der Waals surface area contributed by atoms with Gasteiger partial charge < -0.3 is 28.5 Å². The van der Waals surface area contributed by atoms with Crippen molar-refractivity contribution in [2.24, 2.45) is 29.6 Å². The van der Waals surface area contributed by atoms with E-state index in [1.165, 1.54) is 0 Å². The number of benzene rings is 1. The summed E-state index contributed by atoms with van der Waals surface area (Å²) < 4.78 is 26.5. The second-order valence-corrected chi connectivity index (χ2v) is 20.0. The van der Waals surface area contributed by atoms with Gasteiger partial charge in [0, 0.05) is 23.7 Å². The van der Waals surface area contributed by atoms with Crippen molar-refractivity contribution in [3.63, 3.8) is 0 Å². The fraction of sp³-hybridized carbons (Fsp3) is 0.750. The highest BCUT2D eigenvalue weighted by Crippen LogP contribution is 2.43. The molecule has 1 heterocycles. The Labute approximate surface area is 264 Å². The molecule has 1 aliphatic heterocycles. The van der Waals surface area contributed by atoms with Crippen LogP contribution in [0.25, 0.3) is 0 Å². The van der Waals surface area contributed by atoms with Gasteiger partial charge in [-0.1, -0.05) is 92.3 Å². The second kappa shape index (κ2) is 15.3. The molecule has 246 valence electrons. The molecule has 1 fully saturated rings. The van der Waals surface area contributed by atoms with E-state index < -0.39 is 20.2 Å². The van der Waals surface area contributed by atoms with Crippen molar-refractivity contribution in [1.82, 2.24) is 0 Å². The average molecular weight is 619 g/mol. The van der Waals surface area contributed by atoms with Crippen LogP contribution in [0.2, 0.25) is 18.1 Å². The molecule has 0 amide bonds. The van der Waals surface area contributed by atoms with Gasteiger partial charge in [0.1, 0.15) is 6.29 Å². The minimum atomic E-state index is -2.22. The lowest BCUT2D eigenvalue weighted by Gasteiger charge is -2.48. The van der Waals surface area contributed by atoms with Crippen molar-refractivity contribution in [2.45, 2.75) is 144 Å². The third-order valence-electron chi connectivity index (χ3n) is 9.94. The first kappa shape index (κ1) is 37.8. The van der Waals surface area contributed by atoms with E-state index in [0.29, 0.717) is 13.0 Å². The largest absolute Gasteiger partial charge is 0.410 e. The molecular formula is C36H62O6Si. The van der Waals surface area contributed by atoms with Crippen LogP contribution in [0.1, 0.15) is 88.1 Å². The summed E-state index contributed by atoms with van der Waals surface area (Å²) in [6.45, 7) is 32.6. The van der Waals surface area contributed by atoms with Gasteiger partial charge in [-0.2, -0.15) is 0 Å². The number of hydrogen-bond donors (Lipinski definition) is 1. The molecule has 7 heteroatoms. The van der Waals surface area contributed by atoms with Gasteiger partial charge in [0.2, 0.25) is 0 Å². The first-order valence-electron chi connectivity index (χ1n) is 16.2. The van der Waals surface area contributed by atoms with E-state index in [0.717, 1.165) is 17.4 Å². The van der Waals surface area contributed by atoms with E-state index in [-0.39, 0.29) is 59.0 Å². The second-order valence-electron chi connectivity index (χ2n) is 15.3. The summed E-state index contributed by atoms with van der Waals surface area (Å²) in [6.07, 6.45) is 0.286. The van der Waals surface area contributed by atoms with Gasteiger partial charge in [-0.3, -0.25) is 0 Å². The van der Waals surface area contributed by atoms with Crippen LogP contribution in [0.4, 0.5) is 0 Å². The van der Waals surface area contributed by atoms with Gasteiger partial charge in [-0.25, -0.2) is 0 Å². The Morgan fingerprint density at radius 1 is 1.05 bits per heavy atom. The zero-order valence-corrected chi connectivity index (χ0v) is 30.3. The topological polar surface area (TPSA) is 74.2 Å². The van der Waals surface area contributed by atoms with E-state index in [1.54, 1.807) is 0 Å². The molecule has 0 saturated carbocycles. The molecule has 0 radical (unpaired) electrons. The maximum absolute atomic E-state index is 11.7. The third-order valence-corrected chi connectivity index (χ3v) is 14.4. The average Bonchev–Trinajstić information content (AvgIpc) is 2.91. The SMILES string of the molecule is C=C(C[C@H](C)[C@@H]1OC(C)(C)O[C@H]([C@@H](C)C=O)[C@@H]1C)[C@@H](O[Si](C)(C)C(C)(C)C)[C@H](C)[C@@H](OCc1ccccc1)[C@@H](C)[C@@H](C)O. The number of hydrogen-bond acceptors (Lipinski definition) is 6. The minimum Gasteiger partial charge on any atom is -0.410 e. The van der Waals surface area contributed by atoms with E-state index in [2.05, 4.69) is 80.3 Å². The zero-order chi connectivity index (χ0) is 32.9. The molecule has 1 N–H and O–H groups in total.